The number of hydrogen-bond acceptors (Lipinski definition) is 7. The van der Waals surface area contributed by atoms with Gasteiger partial charge in [0.25, 0.3) is 5.56 Å². The average molecular weight is 461 g/mol. The van der Waals surface area contributed by atoms with Crippen molar-refractivity contribution in [3.05, 3.63) is 51.6 Å². The number of aromatic amines is 1. The monoisotopic (exact) mass is 461 g/mol. The summed E-state index contributed by atoms with van der Waals surface area (Å²) >= 11 is 0. The fraction of sp³-hybridized carbons (Fsp3) is 0.476. The normalized spacial score (nSPS) is 19.5. The third-order valence-corrected chi connectivity index (χ3v) is 6.01. The van der Waals surface area contributed by atoms with Gasteiger partial charge in [-0.1, -0.05) is 0 Å². The number of rotatable bonds is 4. The topological polar surface area (TPSA) is 109 Å². The molecule has 4 heterocycles. The minimum Gasteiger partial charge on any atom is -0.353 e. The molecule has 2 aromatic heterocycles. The Labute approximate surface area is 187 Å². The summed E-state index contributed by atoms with van der Waals surface area (Å²) in [6.07, 6.45) is -1.98. The number of H-pyrrole nitrogens is 1. The molecule has 2 aromatic rings. The van der Waals surface area contributed by atoms with Crippen LogP contribution in [-0.2, 0) is 11.0 Å². The van der Waals surface area contributed by atoms with E-state index in [1.807, 2.05) is 21.0 Å². The van der Waals surface area contributed by atoms with E-state index in [4.69, 9.17) is 5.26 Å². The van der Waals surface area contributed by atoms with Crippen LogP contribution < -0.4 is 10.5 Å². The molecule has 33 heavy (non-hydrogen) atoms. The molecule has 4 rings (SSSR count). The summed E-state index contributed by atoms with van der Waals surface area (Å²) in [7, 11) is 0. The molecule has 2 fully saturated rings. The van der Waals surface area contributed by atoms with Crippen LogP contribution in [0.25, 0.3) is 0 Å². The lowest BCUT2D eigenvalue weighted by molar-refractivity contribution is -0.139. The van der Waals surface area contributed by atoms with E-state index in [-0.39, 0.29) is 18.1 Å². The molecule has 1 N–H and O–H groups in total. The molecule has 9 nitrogen and oxygen atoms in total. The zero-order valence-electron chi connectivity index (χ0n) is 17.7. The molecular weight excluding hydrogens is 439 g/mol. The van der Waals surface area contributed by atoms with Gasteiger partial charge in [0, 0.05) is 32.4 Å². The maximum atomic E-state index is 13.1. The van der Waals surface area contributed by atoms with Crippen molar-refractivity contribution >= 4 is 11.7 Å². The van der Waals surface area contributed by atoms with Gasteiger partial charge in [0.15, 0.2) is 0 Å². The fourth-order valence-corrected chi connectivity index (χ4v) is 4.25. The van der Waals surface area contributed by atoms with Gasteiger partial charge in [-0.3, -0.25) is 14.5 Å². The number of hydrogen-bond donors (Lipinski definition) is 1. The maximum absolute atomic E-state index is 13.1. The van der Waals surface area contributed by atoms with Gasteiger partial charge in [-0.25, -0.2) is 10.1 Å². The van der Waals surface area contributed by atoms with Crippen LogP contribution in [0.2, 0.25) is 0 Å². The van der Waals surface area contributed by atoms with Crippen LogP contribution in [0.15, 0.2) is 29.2 Å². The minimum atomic E-state index is -4.77. The highest BCUT2D eigenvalue weighted by Gasteiger charge is 2.37. The molecule has 2 saturated heterocycles. The van der Waals surface area contributed by atoms with E-state index in [2.05, 4.69) is 10.1 Å². The molecule has 2 aliphatic heterocycles. The maximum Gasteiger partial charge on any atom is 0.421 e. The predicted octanol–water partition coefficient (Wildman–Crippen LogP) is 1.54. The number of halogens is 3. The Morgan fingerprint density at radius 1 is 1.21 bits per heavy atom. The molecule has 0 aliphatic carbocycles. The van der Waals surface area contributed by atoms with Crippen LogP contribution in [0.5, 0.6) is 0 Å². The van der Waals surface area contributed by atoms with Crippen molar-refractivity contribution in [3.8, 4) is 6.07 Å². The number of carbonyl (C=O) groups is 1. The second kappa shape index (κ2) is 9.19. The van der Waals surface area contributed by atoms with Crippen molar-refractivity contribution in [2.45, 2.75) is 25.1 Å². The fourth-order valence-electron chi connectivity index (χ4n) is 4.25. The number of likely N-dealkylation sites (tertiary alicyclic amines) is 1. The van der Waals surface area contributed by atoms with E-state index in [1.54, 1.807) is 17.0 Å². The summed E-state index contributed by atoms with van der Waals surface area (Å²) in [5.74, 6) is 0.639. The zero-order valence-corrected chi connectivity index (χ0v) is 17.7. The molecule has 0 bridgehead atoms. The van der Waals surface area contributed by atoms with E-state index >= 15 is 0 Å². The zero-order chi connectivity index (χ0) is 23.6. The highest BCUT2D eigenvalue weighted by Crippen LogP contribution is 2.33. The summed E-state index contributed by atoms with van der Waals surface area (Å²) < 4.78 is 39.3. The van der Waals surface area contributed by atoms with E-state index in [0.29, 0.717) is 44.7 Å². The quantitative estimate of drug-likeness (QED) is 0.736. The number of anilines is 1. The molecule has 2 aliphatic rings. The Morgan fingerprint density at radius 3 is 2.61 bits per heavy atom. The van der Waals surface area contributed by atoms with Crippen molar-refractivity contribution in [2.24, 2.45) is 0 Å². The number of amides is 1. The second-order valence-corrected chi connectivity index (χ2v) is 8.05. The van der Waals surface area contributed by atoms with Gasteiger partial charge in [-0.2, -0.15) is 23.5 Å². The number of nitrogens with one attached hydrogen (secondary N) is 1. The van der Waals surface area contributed by atoms with Gasteiger partial charge in [0.05, 0.1) is 23.8 Å². The summed E-state index contributed by atoms with van der Waals surface area (Å²) in [5.41, 5.74) is -1.96. The Hall–Kier alpha value is -3.46. The molecule has 1 unspecified atom stereocenters. The summed E-state index contributed by atoms with van der Waals surface area (Å²) in [6.45, 7) is 2.80. The first-order valence-corrected chi connectivity index (χ1v) is 10.6. The molecule has 0 saturated carbocycles. The van der Waals surface area contributed by atoms with Crippen molar-refractivity contribution in [2.75, 3.05) is 44.2 Å². The average Bonchev–Trinajstić information content (AvgIpc) is 3.27. The van der Waals surface area contributed by atoms with Crippen LogP contribution in [0.3, 0.4) is 0 Å². The third-order valence-electron chi connectivity index (χ3n) is 6.01. The number of aromatic nitrogens is 3. The first-order chi connectivity index (χ1) is 15.8. The molecule has 0 aromatic carbocycles. The standard InChI is InChI=1S/C21H22F3N7O2/c22-21(23,24)15-10-16(27-28-20(15)33)17-2-1-5-31(17)13-19(32)30-8-6-29(7-9-30)18-4-3-14(11-25)12-26-18/h3-4,10,12,17H,1-2,5-9,13H2,(H,28,33). The number of nitrogens with zero attached hydrogens (tertiary/aromatic N) is 6. The van der Waals surface area contributed by atoms with Gasteiger partial charge < -0.3 is 9.80 Å². The Balaban J connectivity index is 1.37. The minimum absolute atomic E-state index is 0.0714. The molecule has 1 atom stereocenters. The lowest BCUT2D eigenvalue weighted by Crippen LogP contribution is -2.51. The van der Waals surface area contributed by atoms with Crippen LogP contribution in [0.4, 0.5) is 19.0 Å². The highest BCUT2D eigenvalue weighted by molar-refractivity contribution is 5.78. The Bertz CT molecular complexity index is 1100. The van der Waals surface area contributed by atoms with Crippen molar-refractivity contribution in [1.29, 1.82) is 5.26 Å². The molecule has 174 valence electrons. The summed E-state index contributed by atoms with van der Waals surface area (Å²) in [6, 6.07) is 5.82. The van der Waals surface area contributed by atoms with Crippen molar-refractivity contribution < 1.29 is 18.0 Å². The van der Waals surface area contributed by atoms with Gasteiger partial charge in [0.1, 0.15) is 17.5 Å². The lowest BCUT2D eigenvalue weighted by atomic mass is 10.1. The Kier molecular flexibility index (Phi) is 6.33. The van der Waals surface area contributed by atoms with E-state index in [1.165, 1.54) is 6.20 Å². The van der Waals surface area contributed by atoms with Crippen LogP contribution in [0.1, 0.15) is 35.7 Å². The number of nitriles is 1. The molecule has 0 spiro atoms. The van der Waals surface area contributed by atoms with Crippen LogP contribution in [-0.4, -0.2) is 70.2 Å². The van der Waals surface area contributed by atoms with Crippen LogP contribution in [0, 0.1) is 11.3 Å². The first-order valence-electron chi connectivity index (χ1n) is 10.6. The van der Waals surface area contributed by atoms with Gasteiger partial charge >= 0.3 is 6.18 Å². The first kappa shape index (κ1) is 22.7. The lowest BCUT2D eigenvalue weighted by Gasteiger charge is -2.36. The molecule has 0 radical (unpaired) electrons. The van der Waals surface area contributed by atoms with Crippen LogP contribution >= 0.6 is 0 Å². The largest absolute Gasteiger partial charge is 0.421 e. The predicted molar refractivity (Wildman–Crippen MR) is 111 cm³/mol. The number of alkyl halides is 3. The Morgan fingerprint density at radius 2 is 1.97 bits per heavy atom. The van der Waals surface area contributed by atoms with Gasteiger partial charge in [-0.05, 0) is 37.6 Å². The van der Waals surface area contributed by atoms with E-state index < -0.39 is 23.3 Å². The third kappa shape index (κ3) is 4.98. The van der Waals surface area contributed by atoms with E-state index in [0.717, 1.165) is 18.3 Å². The van der Waals surface area contributed by atoms with E-state index in [9.17, 15) is 22.8 Å². The smallest absolute Gasteiger partial charge is 0.353 e. The number of piperazine rings is 1. The summed E-state index contributed by atoms with van der Waals surface area (Å²) in [5, 5.41) is 14.6. The highest BCUT2D eigenvalue weighted by atomic mass is 19.4. The van der Waals surface area contributed by atoms with Crippen molar-refractivity contribution in [3.63, 3.8) is 0 Å². The summed E-state index contributed by atoms with van der Waals surface area (Å²) in [4.78, 5) is 34.3. The molecule has 12 heteroatoms. The van der Waals surface area contributed by atoms with Crippen molar-refractivity contribution in [1.82, 2.24) is 25.0 Å². The number of pyridine rings is 1. The SMILES string of the molecule is N#Cc1ccc(N2CCN(C(=O)CN3CCCC3c3cc(C(F)(F)F)c(=O)[nH]n3)CC2)nc1. The molecular formula is C21H22F3N7O2. The molecule has 1 amide bonds. The van der Waals surface area contributed by atoms with Gasteiger partial charge in [-0.15, -0.1) is 0 Å². The van der Waals surface area contributed by atoms with Gasteiger partial charge in [0.2, 0.25) is 5.91 Å². The number of carbonyl (C=O) groups excluding carboxylic acids is 1. The second-order valence-electron chi connectivity index (χ2n) is 8.05.